The quantitative estimate of drug-likeness (QED) is 0.424. The maximum absolute atomic E-state index is 12.7. The molecule has 1 aliphatic rings. The average Bonchev–Trinajstić information content (AvgIpc) is 3.19. The maximum Gasteiger partial charge on any atom is 0.272 e. The van der Waals surface area contributed by atoms with E-state index in [4.69, 9.17) is 22.1 Å². The van der Waals surface area contributed by atoms with E-state index in [9.17, 15) is 9.59 Å². The molecule has 35 heavy (non-hydrogen) atoms. The van der Waals surface area contributed by atoms with Crippen LogP contribution >= 0.6 is 11.6 Å². The van der Waals surface area contributed by atoms with E-state index in [1.54, 1.807) is 36.5 Å². The van der Waals surface area contributed by atoms with Gasteiger partial charge in [0.05, 0.1) is 17.6 Å². The molecule has 11 heteroatoms. The lowest BCUT2D eigenvalue weighted by Gasteiger charge is -2.24. The molecule has 0 radical (unpaired) electrons. The number of nitrogens with one attached hydrogen (secondary N) is 1. The van der Waals surface area contributed by atoms with E-state index >= 15 is 0 Å². The first-order valence-electron chi connectivity index (χ1n) is 10.8. The molecule has 0 spiro atoms. The molecule has 1 atom stereocenters. The SMILES string of the molecule is Cc1nn(-c2nncc(-c3ccc(Cl)cc3)n2)c2c1C(c1cccc(OCC(N)=O)c1)CC(=O)N2. The van der Waals surface area contributed by atoms with Gasteiger partial charge in [-0.15, -0.1) is 5.10 Å². The Morgan fingerprint density at radius 1 is 1.26 bits per heavy atom. The molecule has 4 aromatic rings. The fourth-order valence-corrected chi connectivity index (χ4v) is 4.22. The summed E-state index contributed by atoms with van der Waals surface area (Å²) >= 11 is 6.00. The molecule has 10 nitrogen and oxygen atoms in total. The average molecular weight is 490 g/mol. The van der Waals surface area contributed by atoms with Gasteiger partial charge in [0.2, 0.25) is 5.91 Å². The van der Waals surface area contributed by atoms with Crippen LogP contribution < -0.4 is 15.8 Å². The van der Waals surface area contributed by atoms with E-state index in [-0.39, 0.29) is 30.8 Å². The monoisotopic (exact) mass is 489 g/mol. The number of amides is 2. The van der Waals surface area contributed by atoms with Crippen molar-refractivity contribution >= 4 is 29.2 Å². The van der Waals surface area contributed by atoms with E-state index < -0.39 is 5.91 Å². The number of nitrogens with two attached hydrogens (primary N) is 1. The van der Waals surface area contributed by atoms with Gasteiger partial charge < -0.3 is 15.8 Å². The van der Waals surface area contributed by atoms with Crippen molar-refractivity contribution in [2.24, 2.45) is 5.73 Å². The molecule has 2 aromatic heterocycles. The van der Waals surface area contributed by atoms with Crippen LogP contribution in [0, 0.1) is 6.92 Å². The zero-order chi connectivity index (χ0) is 24.5. The number of anilines is 1. The van der Waals surface area contributed by atoms with Gasteiger partial charge in [-0.1, -0.05) is 35.9 Å². The predicted molar refractivity (Wildman–Crippen MR) is 128 cm³/mol. The Morgan fingerprint density at radius 3 is 2.83 bits per heavy atom. The summed E-state index contributed by atoms with van der Waals surface area (Å²) in [5.74, 6) is 0.179. The minimum atomic E-state index is -0.568. The Morgan fingerprint density at radius 2 is 2.06 bits per heavy atom. The first kappa shape index (κ1) is 22.5. The Kier molecular flexibility index (Phi) is 5.87. The third-order valence-corrected chi connectivity index (χ3v) is 5.87. The van der Waals surface area contributed by atoms with Crippen LogP contribution in [-0.4, -0.2) is 43.4 Å². The molecule has 0 saturated heterocycles. The zero-order valence-corrected chi connectivity index (χ0v) is 19.4. The number of fused-ring (bicyclic) bond motifs is 1. The molecule has 3 heterocycles. The lowest BCUT2D eigenvalue weighted by atomic mass is 9.86. The van der Waals surface area contributed by atoms with E-state index in [1.807, 2.05) is 25.1 Å². The van der Waals surface area contributed by atoms with Gasteiger partial charge in [0, 0.05) is 28.5 Å². The van der Waals surface area contributed by atoms with Crippen molar-refractivity contribution in [2.45, 2.75) is 19.3 Å². The van der Waals surface area contributed by atoms with Crippen molar-refractivity contribution in [3.05, 3.63) is 76.6 Å². The van der Waals surface area contributed by atoms with Gasteiger partial charge in [-0.25, -0.2) is 4.98 Å². The van der Waals surface area contributed by atoms with Crippen molar-refractivity contribution in [1.29, 1.82) is 0 Å². The number of hydrogen-bond acceptors (Lipinski definition) is 7. The number of rotatable bonds is 6. The standard InChI is InChI=1S/C24H20ClN7O3/c1-13-22-18(15-3-2-4-17(9-15)35-12-20(26)33)10-21(34)29-23(22)32(31-13)24-28-19(11-27-30-24)14-5-7-16(25)8-6-14/h2-9,11,18H,10,12H2,1H3,(H2,26,33)(H,29,34). The number of halogens is 1. The summed E-state index contributed by atoms with van der Waals surface area (Å²) in [7, 11) is 0. The number of carbonyl (C=O) groups is 2. The molecule has 5 rings (SSSR count). The summed E-state index contributed by atoms with van der Waals surface area (Å²) < 4.78 is 6.94. The van der Waals surface area contributed by atoms with Crippen LogP contribution in [0.3, 0.4) is 0 Å². The van der Waals surface area contributed by atoms with Gasteiger partial charge in [-0.3, -0.25) is 9.59 Å². The highest BCUT2D eigenvalue weighted by Crippen LogP contribution is 2.40. The minimum absolute atomic E-state index is 0.172. The van der Waals surface area contributed by atoms with Gasteiger partial charge in [0.15, 0.2) is 6.61 Å². The zero-order valence-electron chi connectivity index (χ0n) is 18.6. The van der Waals surface area contributed by atoms with Crippen molar-refractivity contribution in [3.63, 3.8) is 0 Å². The van der Waals surface area contributed by atoms with Crippen LogP contribution in [0.25, 0.3) is 17.2 Å². The molecule has 1 aliphatic heterocycles. The normalized spacial score (nSPS) is 14.8. The molecule has 0 bridgehead atoms. The number of nitrogens with zero attached hydrogens (tertiary/aromatic N) is 5. The Labute approximate surface area is 205 Å². The van der Waals surface area contributed by atoms with E-state index in [0.717, 1.165) is 16.7 Å². The number of primary amides is 1. The topological polar surface area (TPSA) is 138 Å². The van der Waals surface area contributed by atoms with Gasteiger partial charge >= 0.3 is 0 Å². The number of carbonyl (C=O) groups excluding carboxylic acids is 2. The molecule has 2 amide bonds. The summed E-state index contributed by atoms with van der Waals surface area (Å²) in [5, 5.41) is 16.4. The number of aromatic nitrogens is 5. The second-order valence-electron chi connectivity index (χ2n) is 8.04. The van der Waals surface area contributed by atoms with Gasteiger partial charge in [0.25, 0.3) is 11.9 Å². The van der Waals surface area contributed by atoms with Crippen LogP contribution in [-0.2, 0) is 9.59 Å². The highest BCUT2D eigenvalue weighted by molar-refractivity contribution is 6.30. The van der Waals surface area contributed by atoms with Crippen molar-refractivity contribution < 1.29 is 14.3 Å². The second kappa shape index (κ2) is 9.15. The minimum Gasteiger partial charge on any atom is -0.484 e. The molecule has 1 unspecified atom stereocenters. The van der Waals surface area contributed by atoms with Gasteiger partial charge in [-0.05, 0) is 36.8 Å². The van der Waals surface area contributed by atoms with Crippen LogP contribution in [0.1, 0.15) is 29.2 Å². The number of ether oxygens (including phenoxy) is 1. The van der Waals surface area contributed by atoms with Gasteiger partial charge in [-0.2, -0.15) is 14.9 Å². The Balaban J connectivity index is 1.54. The summed E-state index contributed by atoms with van der Waals surface area (Å²) in [5.41, 5.74) is 9.00. The largest absolute Gasteiger partial charge is 0.484 e. The van der Waals surface area contributed by atoms with Crippen LogP contribution in [0.4, 0.5) is 5.82 Å². The first-order valence-corrected chi connectivity index (χ1v) is 11.1. The van der Waals surface area contributed by atoms with Crippen LogP contribution in [0.5, 0.6) is 5.75 Å². The molecule has 0 saturated carbocycles. The third kappa shape index (κ3) is 4.56. The van der Waals surface area contributed by atoms with Crippen molar-refractivity contribution in [2.75, 3.05) is 11.9 Å². The smallest absolute Gasteiger partial charge is 0.272 e. The van der Waals surface area contributed by atoms with Crippen molar-refractivity contribution in [3.8, 4) is 23.0 Å². The molecular weight excluding hydrogens is 470 g/mol. The van der Waals surface area contributed by atoms with Crippen LogP contribution in [0.2, 0.25) is 5.02 Å². The number of benzene rings is 2. The molecule has 0 aliphatic carbocycles. The lowest BCUT2D eigenvalue weighted by molar-refractivity contribution is -0.120. The fourth-order valence-electron chi connectivity index (χ4n) is 4.10. The Hall–Kier alpha value is -4.31. The molecule has 3 N–H and O–H groups in total. The molecule has 176 valence electrons. The summed E-state index contributed by atoms with van der Waals surface area (Å²) in [6, 6.07) is 14.5. The van der Waals surface area contributed by atoms with E-state index in [2.05, 4.69) is 25.6 Å². The number of aryl methyl sites for hydroxylation is 1. The summed E-state index contributed by atoms with van der Waals surface area (Å²) in [4.78, 5) is 28.4. The predicted octanol–water partition coefficient (Wildman–Crippen LogP) is 3.02. The summed E-state index contributed by atoms with van der Waals surface area (Å²) in [6.45, 7) is 1.63. The maximum atomic E-state index is 12.7. The number of hydrogen-bond donors (Lipinski definition) is 2. The van der Waals surface area contributed by atoms with Crippen LogP contribution in [0.15, 0.2) is 54.7 Å². The van der Waals surface area contributed by atoms with Gasteiger partial charge in [0.1, 0.15) is 11.6 Å². The third-order valence-electron chi connectivity index (χ3n) is 5.62. The molecular formula is C24H20ClN7O3. The van der Waals surface area contributed by atoms with E-state index in [1.165, 1.54) is 4.68 Å². The second-order valence-corrected chi connectivity index (χ2v) is 8.48. The molecule has 0 fully saturated rings. The lowest BCUT2D eigenvalue weighted by Crippen LogP contribution is -2.25. The highest BCUT2D eigenvalue weighted by Gasteiger charge is 2.33. The van der Waals surface area contributed by atoms with Crippen molar-refractivity contribution in [1.82, 2.24) is 25.0 Å². The van der Waals surface area contributed by atoms with E-state index in [0.29, 0.717) is 28.0 Å². The first-order chi connectivity index (χ1) is 16.9. The Bertz CT molecular complexity index is 1440. The molecule has 2 aromatic carbocycles. The fraction of sp³-hybridized carbons (Fsp3) is 0.167. The summed E-state index contributed by atoms with van der Waals surface area (Å²) in [6.07, 6.45) is 1.78. The highest BCUT2D eigenvalue weighted by atomic mass is 35.5.